The van der Waals surface area contributed by atoms with Gasteiger partial charge in [-0.15, -0.1) is 0 Å². The summed E-state index contributed by atoms with van der Waals surface area (Å²) in [5.41, 5.74) is -0.280. The summed E-state index contributed by atoms with van der Waals surface area (Å²) in [7, 11) is 0. The molecule has 112 valence electrons. The monoisotopic (exact) mass is 358 g/mol. The number of hydrogen-bond acceptors (Lipinski definition) is 5. The zero-order chi connectivity index (χ0) is 15.7. The Hall–Kier alpha value is -2.00. The van der Waals surface area contributed by atoms with Crippen molar-refractivity contribution in [2.45, 2.75) is 18.6 Å². The molecule has 0 radical (unpaired) electrons. The first-order valence-electron chi connectivity index (χ1n) is 5.97. The average Bonchev–Trinajstić information content (AvgIpc) is 2.80. The SMILES string of the molecule is O=C(O)[C@H]1C[C@@H](O)CN1C(=O)c1ccc(Br)c([N+](=O)[O-])c1. The van der Waals surface area contributed by atoms with Gasteiger partial charge in [0, 0.05) is 24.6 Å². The number of halogens is 1. The fraction of sp³-hybridized carbons (Fsp3) is 0.333. The minimum absolute atomic E-state index is 0.00486. The van der Waals surface area contributed by atoms with Gasteiger partial charge in [0.05, 0.1) is 15.5 Å². The van der Waals surface area contributed by atoms with Crippen molar-refractivity contribution in [2.75, 3.05) is 6.54 Å². The van der Waals surface area contributed by atoms with Crippen LogP contribution in [0.3, 0.4) is 0 Å². The van der Waals surface area contributed by atoms with Crippen LogP contribution in [0.5, 0.6) is 0 Å². The van der Waals surface area contributed by atoms with E-state index >= 15 is 0 Å². The predicted octanol–water partition coefficient (Wildman–Crippen LogP) is 1.02. The molecule has 1 aromatic rings. The van der Waals surface area contributed by atoms with Gasteiger partial charge in [0.25, 0.3) is 11.6 Å². The van der Waals surface area contributed by atoms with Crippen molar-refractivity contribution in [3.63, 3.8) is 0 Å². The van der Waals surface area contributed by atoms with Crippen molar-refractivity contribution in [1.29, 1.82) is 0 Å². The van der Waals surface area contributed by atoms with Gasteiger partial charge in [-0.2, -0.15) is 0 Å². The van der Waals surface area contributed by atoms with E-state index in [0.717, 1.165) is 11.0 Å². The largest absolute Gasteiger partial charge is 0.480 e. The van der Waals surface area contributed by atoms with E-state index in [4.69, 9.17) is 5.11 Å². The smallest absolute Gasteiger partial charge is 0.326 e. The highest BCUT2D eigenvalue weighted by atomic mass is 79.9. The summed E-state index contributed by atoms with van der Waals surface area (Å²) in [6.07, 6.45) is -0.972. The van der Waals surface area contributed by atoms with Crippen LogP contribution in [0, 0.1) is 10.1 Å². The maximum absolute atomic E-state index is 12.3. The molecule has 0 unspecified atom stereocenters. The number of nitrogens with zero attached hydrogens (tertiary/aromatic N) is 2. The number of nitro groups is 1. The van der Waals surface area contributed by atoms with Crippen LogP contribution in [0.2, 0.25) is 0 Å². The summed E-state index contributed by atoms with van der Waals surface area (Å²) in [6, 6.07) is 2.67. The predicted molar refractivity (Wildman–Crippen MR) is 73.9 cm³/mol. The number of carboxylic acids is 1. The topological polar surface area (TPSA) is 121 Å². The summed E-state index contributed by atoms with van der Waals surface area (Å²) >= 11 is 3.01. The van der Waals surface area contributed by atoms with Crippen molar-refractivity contribution in [3.05, 3.63) is 38.3 Å². The molecule has 8 nitrogen and oxygen atoms in total. The lowest BCUT2D eigenvalue weighted by atomic mass is 10.1. The van der Waals surface area contributed by atoms with E-state index in [2.05, 4.69) is 15.9 Å². The Bertz CT molecular complexity index is 620. The number of likely N-dealkylation sites (tertiary alicyclic amines) is 1. The Balaban J connectivity index is 2.33. The summed E-state index contributed by atoms with van der Waals surface area (Å²) in [6.45, 7) is -0.111. The van der Waals surface area contributed by atoms with Crippen LogP contribution in [0.25, 0.3) is 0 Å². The molecule has 21 heavy (non-hydrogen) atoms. The molecule has 1 saturated heterocycles. The maximum atomic E-state index is 12.3. The first kappa shape index (κ1) is 15.4. The quantitative estimate of drug-likeness (QED) is 0.614. The Morgan fingerprint density at radius 3 is 2.67 bits per heavy atom. The van der Waals surface area contributed by atoms with E-state index in [1.165, 1.54) is 12.1 Å². The van der Waals surface area contributed by atoms with Crippen LogP contribution in [0.4, 0.5) is 5.69 Å². The lowest BCUT2D eigenvalue weighted by molar-refractivity contribution is -0.385. The van der Waals surface area contributed by atoms with E-state index < -0.39 is 28.9 Å². The molecule has 1 amide bonds. The molecule has 0 aromatic heterocycles. The molecule has 0 bridgehead atoms. The number of aliphatic hydroxyl groups excluding tert-OH is 1. The minimum atomic E-state index is -1.22. The van der Waals surface area contributed by atoms with E-state index in [9.17, 15) is 24.8 Å². The summed E-state index contributed by atoms with van der Waals surface area (Å²) in [4.78, 5) is 34.6. The Labute approximate surface area is 127 Å². The second kappa shape index (κ2) is 5.78. The molecule has 1 aliphatic heterocycles. The highest BCUT2D eigenvalue weighted by molar-refractivity contribution is 9.10. The lowest BCUT2D eigenvalue weighted by Gasteiger charge is -2.21. The molecular formula is C12H11BrN2O6. The highest BCUT2D eigenvalue weighted by Crippen LogP contribution is 2.28. The maximum Gasteiger partial charge on any atom is 0.326 e. The average molecular weight is 359 g/mol. The fourth-order valence-electron chi connectivity index (χ4n) is 2.22. The van der Waals surface area contributed by atoms with Crippen molar-refractivity contribution in [2.24, 2.45) is 0 Å². The van der Waals surface area contributed by atoms with Crippen LogP contribution in [-0.4, -0.2) is 50.6 Å². The number of aliphatic carboxylic acids is 1. The molecule has 2 N–H and O–H groups in total. The van der Waals surface area contributed by atoms with Gasteiger partial charge < -0.3 is 15.1 Å². The van der Waals surface area contributed by atoms with Gasteiger partial charge in [-0.3, -0.25) is 14.9 Å². The lowest BCUT2D eigenvalue weighted by Crippen LogP contribution is -2.40. The minimum Gasteiger partial charge on any atom is -0.480 e. The van der Waals surface area contributed by atoms with E-state index in [0.29, 0.717) is 0 Å². The molecule has 0 aliphatic carbocycles. The van der Waals surface area contributed by atoms with Gasteiger partial charge >= 0.3 is 5.97 Å². The number of hydrogen-bond donors (Lipinski definition) is 2. The second-order valence-corrected chi connectivity index (χ2v) is 5.48. The molecule has 0 saturated carbocycles. The third-order valence-electron chi connectivity index (χ3n) is 3.21. The molecular weight excluding hydrogens is 348 g/mol. The Morgan fingerprint density at radius 1 is 1.43 bits per heavy atom. The third-order valence-corrected chi connectivity index (χ3v) is 3.89. The number of carbonyl (C=O) groups excluding carboxylic acids is 1. The number of amides is 1. The van der Waals surface area contributed by atoms with E-state index in [1.54, 1.807) is 0 Å². The number of β-amino-alcohol motifs (C(OH)–C–C–N with tert-alkyl or cyclic N) is 1. The van der Waals surface area contributed by atoms with Crippen LogP contribution >= 0.6 is 15.9 Å². The fourth-order valence-corrected chi connectivity index (χ4v) is 2.62. The van der Waals surface area contributed by atoms with Gasteiger partial charge in [0.1, 0.15) is 6.04 Å². The van der Waals surface area contributed by atoms with Crippen molar-refractivity contribution in [3.8, 4) is 0 Å². The van der Waals surface area contributed by atoms with Crippen LogP contribution < -0.4 is 0 Å². The molecule has 0 spiro atoms. The number of carbonyl (C=O) groups is 2. The Morgan fingerprint density at radius 2 is 2.10 bits per heavy atom. The zero-order valence-corrected chi connectivity index (χ0v) is 12.2. The van der Waals surface area contributed by atoms with Gasteiger partial charge in [0.15, 0.2) is 0 Å². The third kappa shape index (κ3) is 3.03. The van der Waals surface area contributed by atoms with E-state index in [-0.39, 0.29) is 28.7 Å². The van der Waals surface area contributed by atoms with Gasteiger partial charge in [-0.25, -0.2) is 4.79 Å². The summed E-state index contributed by atoms with van der Waals surface area (Å²) in [5, 5.41) is 29.5. The normalized spacial score (nSPS) is 21.3. The van der Waals surface area contributed by atoms with Gasteiger partial charge in [-0.05, 0) is 28.1 Å². The molecule has 9 heteroatoms. The number of rotatable bonds is 3. The zero-order valence-electron chi connectivity index (χ0n) is 10.6. The first-order chi connectivity index (χ1) is 9.81. The van der Waals surface area contributed by atoms with Crippen LogP contribution in [0.15, 0.2) is 22.7 Å². The standard InChI is InChI=1S/C12H11BrN2O6/c13-8-2-1-6(3-9(8)15(20)21)11(17)14-5-7(16)4-10(14)12(18)19/h1-3,7,10,16H,4-5H2,(H,18,19)/t7-,10-/m1/s1. The molecule has 1 aliphatic rings. The molecule has 1 fully saturated rings. The molecule has 1 heterocycles. The first-order valence-corrected chi connectivity index (χ1v) is 6.76. The molecule has 2 rings (SSSR count). The van der Waals surface area contributed by atoms with Gasteiger partial charge in [0.2, 0.25) is 0 Å². The van der Waals surface area contributed by atoms with Crippen molar-refractivity contribution in [1.82, 2.24) is 4.90 Å². The summed E-state index contributed by atoms with van der Waals surface area (Å²) in [5.74, 6) is -1.87. The molecule has 2 atom stereocenters. The number of carboxylic acid groups (broad SMARTS) is 1. The number of aliphatic hydroxyl groups is 1. The van der Waals surface area contributed by atoms with Crippen molar-refractivity contribution < 1.29 is 24.7 Å². The van der Waals surface area contributed by atoms with Gasteiger partial charge in [-0.1, -0.05) is 0 Å². The number of nitro benzene ring substituents is 1. The van der Waals surface area contributed by atoms with Crippen LogP contribution in [-0.2, 0) is 4.79 Å². The second-order valence-electron chi connectivity index (χ2n) is 4.62. The Kier molecular flexibility index (Phi) is 4.24. The molecule has 1 aromatic carbocycles. The highest BCUT2D eigenvalue weighted by Gasteiger charge is 2.39. The number of benzene rings is 1. The van der Waals surface area contributed by atoms with Crippen LogP contribution in [0.1, 0.15) is 16.8 Å². The van der Waals surface area contributed by atoms with E-state index in [1.807, 2.05) is 0 Å². The summed E-state index contributed by atoms with van der Waals surface area (Å²) < 4.78 is 0.222. The van der Waals surface area contributed by atoms with Crippen molar-refractivity contribution >= 4 is 33.5 Å².